The van der Waals surface area contributed by atoms with Gasteiger partial charge in [-0.1, -0.05) is 49.7 Å². The highest BCUT2D eigenvalue weighted by Gasteiger charge is 2.20. The fraction of sp³-hybridized carbons (Fsp3) is 0.474. The third-order valence-corrected chi connectivity index (χ3v) is 6.56. The maximum atomic E-state index is 12.3. The minimum Gasteiger partial charge on any atom is -0.321 e. The van der Waals surface area contributed by atoms with Gasteiger partial charge in [-0.05, 0) is 30.5 Å². The molecule has 1 aromatic carbocycles. The van der Waals surface area contributed by atoms with Crippen molar-refractivity contribution < 1.29 is 13.2 Å². The normalized spacial score (nSPS) is 16.3. The number of benzene rings is 1. The molecule has 7 heteroatoms. The number of thioether (sulfide) groups is 1. The van der Waals surface area contributed by atoms with Crippen molar-refractivity contribution in [1.82, 2.24) is 5.32 Å². The van der Waals surface area contributed by atoms with Crippen molar-refractivity contribution >= 4 is 32.6 Å². The summed E-state index contributed by atoms with van der Waals surface area (Å²) in [5, 5.41) is 4.37. The molecule has 0 unspecified atom stereocenters. The van der Waals surface area contributed by atoms with Gasteiger partial charge in [-0.15, -0.1) is 0 Å². The van der Waals surface area contributed by atoms with Crippen LogP contribution in [0.3, 0.4) is 0 Å². The van der Waals surface area contributed by atoms with Crippen molar-refractivity contribution in [2.24, 2.45) is 10.9 Å². The fourth-order valence-electron chi connectivity index (χ4n) is 3.08. The van der Waals surface area contributed by atoms with Crippen LogP contribution in [0, 0.1) is 5.92 Å². The number of hydrogen-bond acceptors (Lipinski definition) is 5. The average Bonchev–Trinajstić information content (AvgIpc) is 2.59. The van der Waals surface area contributed by atoms with E-state index < -0.39 is 9.84 Å². The highest BCUT2D eigenvalue weighted by Crippen LogP contribution is 2.30. The second-order valence-electron chi connectivity index (χ2n) is 6.57. The van der Waals surface area contributed by atoms with Crippen LogP contribution in [0.2, 0.25) is 0 Å². The molecule has 2 rings (SSSR count). The van der Waals surface area contributed by atoms with Crippen molar-refractivity contribution in [1.29, 1.82) is 0 Å². The highest BCUT2D eigenvalue weighted by molar-refractivity contribution is 8.17. The van der Waals surface area contributed by atoms with Crippen LogP contribution in [-0.2, 0) is 21.1 Å². The molecule has 142 valence electrons. The van der Waals surface area contributed by atoms with Crippen LogP contribution in [0.15, 0.2) is 45.8 Å². The summed E-state index contributed by atoms with van der Waals surface area (Å²) < 4.78 is 23.2. The third-order valence-electron chi connectivity index (χ3n) is 4.37. The number of nitrogens with one attached hydrogen (secondary N) is 1. The van der Waals surface area contributed by atoms with E-state index in [2.05, 4.69) is 16.9 Å². The third kappa shape index (κ3) is 6.29. The molecule has 1 aliphatic carbocycles. The molecule has 0 saturated heterocycles. The zero-order valence-corrected chi connectivity index (χ0v) is 17.0. The molecule has 0 heterocycles. The molecular formula is C19H26N2O3S2. The first-order valence-corrected chi connectivity index (χ1v) is 11.4. The number of rotatable bonds is 6. The van der Waals surface area contributed by atoms with Crippen LogP contribution in [-0.4, -0.2) is 32.7 Å². The van der Waals surface area contributed by atoms with Crippen LogP contribution >= 0.6 is 11.8 Å². The van der Waals surface area contributed by atoms with Crippen LogP contribution < -0.4 is 5.32 Å². The molecule has 0 aliphatic heterocycles. The van der Waals surface area contributed by atoms with E-state index in [0.717, 1.165) is 24.1 Å². The summed E-state index contributed by atoms with van der Waals surface area (Å²) in [6, 6.07) is 6.45. The number of amides is 1. The van der Waals surface area contributed by atoms with Gasteiger partial charge in [-0.3, -0.25) is 9.79 Å². The molecule has 1 aromatic rings. The molecule has 0 aromatic heterocycles. The van der Waals surface area contributed by atoms with E-state index in [0.29, 0.717) is 16.5 Å². The number of nitrogens with zero attached hydrogens (tertiary/aromatic N) is 1. The summed E-state index contributed by atoms with van der Waals surface area (Å²) >= 11 is 1.43. The average molecular weight is 395 g/mol. The molecule has 0 atom stereocenters. The van der Waals surface area contributed by atoms with Crippen LogP contribution in [0.1, 0.15) is 37.7 Å². The molecular weight excluding hydrogens is 368 g/mol. The van der Waals surface area contributed by atoms with E-state index in [1.54, 1.807) is 19.2 Å². The van der Waals surface area contributed by atoms with Gasteiger partial charge in [-0.25, -0.2) is 8.42 Å². The standard InChI is InChI=1S/C19H26N2O3S2/c1-14(25-19(20-2)16-9-5-4-6-10-16)21-18(22)13-15-8-7-11-17(12-15)26(3,23)24/h7-8,11-12,16H,1,4-6,9-10,13H2,2-3H3,(H,21,22). The predicted molar refractivity (Wildman–Crippen MR) is 108 cm³/mol. The molecule has 1 N–H and O–H groups in total. The smallest absolute Gasteiger partial charge is 0.229 e. The second kappa shape index (κ2) is 9.37. The molecule has 0 spiro atoms. The van der Waals surface area contributed by atoms with E-state index in [-0.39, 0.29) is 17.2 Å². The molecule has 26 heavy (non-hydrogen) atoms. The zero-order chi connectivity index (χ0) is 19.2. The monoisotopic (exact) mass is 394 g/mol. The molecule has 1 aliphatic rings. The van der Waals surface area contributed by atoms with Crippen molar-refractivity contribution in [3.05, 3.63) is 41.4 Å². The Bertz CT molecular complexity index is 795. The second-order valence-corrected chi connectivity index (χ2v) is 9.70. The van der Waals surface area contributed by atoms with Crippen LogP contribution in [0.4, 0.5) is 0 Å². The van der Waals surface area contributed by atoms with Gasteiger partial charge in [0.2, 0.25) is 5.91 Å². The lowest BCUT2D eigenvalue weighted by molar-refractivity contribution is -0.119. The lowest BCUT2D eigenvalue weighted by atomic mass is 9.90. The zero-order valence-electron chi connectivity index (χ0n) is 15.3. The molecule has 1 fully saturated rings. The summed E-state index contributed by atoms with van der Waals surface area (Å²) in [5.74, 6) is 0.242. The molecule has 5 nitrogen and oxygen atoms in total. The molecule has 1 amide bonds. The first kappa shape index (κ1) is 20.7. The predicted octanol–water partition coefficient (Wildman–Crippen LogP) is 3.56. The van der Waals surface area contributed by atoms with Crippen molar-refractivity contribution in [2.75, 3.05) is 13.3 Å². The van der Waals surface area contributed by atoms with E-state index in [9.17, 15) is 13.2 Å². The summed E-state index contributed by atoms with van der Waals surface area (Å²) in [6.07, 6.45) is 7.26. The maximum Gasteiger partial charge on any atom is 0.229 e. The minimum atomic E-state index is -3.29. The van der Waals surface area contributed by atoms with Gasteiger partial charge in [0.05, 0.1) is 21.4 Å². The summed E-state index contributed by atoms with van der Waals surface area (Å²) in [4.78, 5) is 16.9. The summed E-state index contributed by atoms with van der Waals surface area (Å²) in [5.41, 5.74) is 0.653. The van der Waals surface area contributed by atoms with Crippen LogP contribution in [0.25, 0.3) is 0 Å². The SMILES string of the molecule is C=C(NC(=O)Cc1cccc(S(C)(=O)=O)c1)SC(=NC)C1CCCCC1. The van der Waals surface area contributed by atoms with Crippen molar-refractivity contribution in [2.45, 2.75) is 43.4 Å². The van der Waals surface area contributed by atoms with Gasteiger partial charge in [0.25, 0.3) is 0 Å². The Morgan fingerprint density at radius 3 is 2.62 bits per heavy atom. The van der Waals surface area contributed by atoms with Gasteiger partial charge in [-0.2, -0.15) is 0 Å². The van der Waals surface area contributed by atoms with Gasteiger partial charge in [0.1, 0.15) is 0 Å². The number of aliphatic imine (C=N–C) groups is 1. The van der Waals surface area contributed by atoms with Gasteiger partial charge in [0, 0.05) is 19.2 Å². The summed E-state index contributed by atoms with van der Waals surface area (Å²) in [6.45, 7) is 3.93. The molecule has 0 bridgehead atoms. The minimum absolute atomic E-state index is 0.102. The number of carbonyl (C=O) groups is 1. The Kier molecular flexibility index (Phi) is 7.46. The lowest BCUT2D eigenvalue weighted by Crippen LogP contribution is -2.24. The van der Waals surface area contributed by atoms with Crippen LogP contribution in [0.5, 0.6) is 0 Å². The Morgan fingerprint density at radius 2 is 2.00 bits per heavy atom. The molecule has 1 saturated carbocycles. The molecule has 0 radical (unpaired) electrons. The number of sulfone groups is 1. The van der Waals surface area contributed by atoms with Gasteiger partial charge >= 0.3 is 0 Å². The lowest BCUT2D eigenvalue weighted by Gasteiger charge is -2.23. The van der Waals surface area contributed by atoms with E-state index in [4.69, 9.17) is 0 Å². The largest absolute Gasteiger partial charge is 0.321 e. The van der Waals surface area contributed by atoms with E-state index in [1.807, 2.05) is 0 Å². The van der Waals surface area contributed by atoms with E-state index in [1.165, 1.54) is 43.2 Å². The number of carbonyl (C=O) groups excluding carboxylic acids is 1. The topological polar surface area (TPSA) is 75.6 Å². The van der Waals surface area contributed by atoms with Crippen molar-refractivity contribution in [3.63, 3.8) is 0 Å². The Balaban J connectivity index is 1.92. The fourth-order valence-corrected chi connectivity index (χ4v) is 4.69. The van der Waals surface area contributed by atoms with Gasteiger partial charge in [0.15, 0.2) is 9.84 Å². The Hall–Kier alpha value is -1.60. The van der Waals surface area contributed by atoms with Gasteiger partial charge < -0.3 is 5.32 Å². The number of hydrogen-bond donors (Lipinski definition) is 1. The Labute approximate surface area is 160 Å². The Morgan fingerprint density at radius 1 is 1.31 bits per heavy atom. The quantitative estimate of drug-likeness (QED) is 0.591. The maximum absolute atomic E-state index is 12.3. The first-order valence-electron chi connectivity index (χ1n) is 8.72. The first-order chi connectivity index (χ1) is 12.3. The summed E-state index contributed by atoms with van der Waals surface area (Å²) in [7, 11) is -1.50. The van der Waals surface area contributed by atoms with Crippen molar-refractivity contribution in [3.8, 4) is 0 Å². The van der Waals surface area contributed by atoms with E-state index >= 15 is 0 Å². The highest BCUT2D eigenvalue weighted by atomic mass is 32.2.